The number of nitrogens with one attached hydrogen (secondary N) is 1. The third-order valence-electron chi connectivity index (χ3n) is 0.781. The molecule has 4 nitrogen and oxygen atoms in total. The van der Waals surface area contributed by atoms with E-state index in [-0.39, 0.29) is 5.17 Å². The molecule has 0 aromatic carbocycles. The Morgan fingerprint density at radius 2 is 2.67 bits per heavy atom. The fourth-order valence-corrected chi connectivity index (χ4v) is 0.529. The van der Waals surface area contributed by atoms with Crippen LogP contribution in [-0.2, 0) is 0 Å². The summed E-state index contributed by atoms with van der Waals surface area (Å²) in [5, 5.41) is 10.8. The Morgan fingerprint density at radius 1 is 1.89 bits per heavy atom. The highest BCUT2D eigenvalue weighted by Gasteiger charge is 1.99. The minimum atomic E-state index is -0.0417. The van der Waals surface area contributed by atoms with Gasteiger partial charge in [0.2, 0.25) is 5.17 Å². The number of aromatic nitrogens is 2. The van der Waals surface area contributed by atoms with Crippen molar-refractivity contribution < 1.29 is 5.21 Å². The van der Waals surface area contributed by atoms with Crippen molar-refractivity contribution in [3.8, 4) is 0 Å². The van der Waals surface area contributed by atoms with Gasteiger partial charge in [0.25, 0.3) is 0 Å². The van der Waals surface area contributed by atoms with Gasteiger partial charge in [-0.25, -0.2) is 4.98 Å². The first-order valence-corrected chi connectivity index (χ1v) is 2.59. The molecule has 1 rings (SSSR count). The molecule has 0 aliphatic rings. The highest BCUT2D eigenvalue weighted by Crippen LogP contribution is 1.95. The number of aromatic amines is 1. The van der Waals surface area contributed by atoms with Crippen LogP contribution < -0.4 is 0 Å². The van der Waals surface area contributed by atoms with Crippen LogP contribution in [0.25, 0.3) is 0 Å². The van der Waals surface area contributed by atoms with Gasteiger partial charge >= 0.3 is 0 Å². The van der Waals surface area contributed by atoms with E-state index >= 15 is 0 Å². The molecule has 48 valence electrons. The topological polar surface area (TPSA) is 61.3 Å². The lowest BCUT2D eigenvalue weighted by Gasteiger charge is -1.84. The Morgan fingerprint density at radius 3 is 3.11 bits per heavy atom. The van der Waals surface area contributed by atoms with E-state index in [0.29, 0.717) is 5.82 Å². The van der Waals surface area contributed by atoms with E-state index in [9.17, 15) is 0 Å². The molecule has 0 saturated heterocycles. The Kier molecular flexibility index (Phi) is 1.69. The Hall–Kier alpha value is -1.03. The summed E-state index contributed by atoms with van der Waals surface area (Å²) in [6, 6.07) is 0. The summed E-state index contributed by atoms with van der Waals surface area (Å²) in [6.45, 7) is 0. The maximum absolute atomic E-state index is 8.10. The van der Waals surface area contributed by atoms with Crippen molar-refractivity contribution in [3.63, 3.8) is 0 Å². The molecule has 1 aromatic heterocycles. The largest absolute Gasteiger partial charge is 0.410 e. The zero-order chi connectivity index (χ0) is 6.69. The number of H-pyrrole nitrogens is 1. The summed E-state index contributed by atoms with van der Waals surface area (Å²) < 4.78 is 0. The first-order valence-electron chi connectivity index (χ1n) is 2.22. The van der Waals surface area contributed by atoms with E-state index in [4.69, 9.17) is 16.8 Å². The SMILES string of the molecule is O/N=C(/Cl)c1ncc[nH]1. The van der Waals surface area contributed by atoms with Crippen LogP contribution in [0.4, 0.5) is 0 Å². The number of hydrogen-bond acceptors (Lipinski definition) is 3. The van der Waals surface area contributed by atoms with Crippen LogP contribution in [0.1, 0.15) is 5.82 Å². The number of halogens is 1. The number of hydrogen-bond donors (Lipinski definition) is 2. The fraction of sp³-hybridized carbons (Fsp3) is 0. The molecule has 0 bridgehead atoms. The van der Waals surface area contributed by atoms with Crippen LogP contribution >= 0.6 is 11.6 Å². The third kappa shape index (κ3) is 1.20. The van der Waals surface area contributed by atoms with Crippen molar-refractivity contribution in [2.75, 3.05) is 0 Å². The van der Waals surface area contributed by atoms with E-state index in [1.807, 2.05) is 0 Å². The van der Waals surface area contributed by atoms with Crippen LogP contribution in [0.5, 0.6) is 0 Å². The molecule has 2 N–H and O–H groups in total. The van der Waals surface area contributed by atoms with E-state index in [1.165, 1.54) is 6.20 Å². The molecule has 0 atom stereocenters. The molecule has 1 heterocycles. The van der Waals surface area contributed by atoms with Crippen molar-refractivity contribution in [1.29, 1.82) is 0 Å². The molecule has 0 aliphatic carbocycles. The van der Waals surface area contributed by atoms with E-state index < -0.39 is 0 Å². The summed E-state index contributed by atoms with van der Waals surface area (Å²) in [5.41, 5.74) is 0. The molecule has 0 spiro atoms. The Bertz CT molecular complexity index is 206. The third-order valence-corrected chi connectivity index (χ3v) is 1.04. The molecule has 1 aromatic rings. The lowest BCUT2D eigenvalue weighted by molar-refractivity contribution is 0.320. The number of rotatable bonds is 1. The van der Waals surface area contributed by atoms with Gasteiger partial charge in [-0.1, -0.05) is 16.8 Å². The zero-order valence-electron chi connectivity index (χ0n) is 4.37. The van der Waals surface area contributed by atoms with Gasteiger partial charge in [0.1, 0.15) is 0 Å². The first kappa shape index (κ1) is 6.10. The van der Waals surface area contributed by atoms with Crippen molar-refractivity contribution in [3.05, 3.63) is 18.2 Å². The van der Waals surface area contributed by atoms with Gasteiger partial charge in [0.05, 0.1) is 0 Å². The normalized spacial score (nSPS) is 11.9. The maximum atomic E-state index is 8.10. The summed E-state index contributed by atoms with van der Waals surface area (Å²) in [5.74, 6) is 0.360. The minimum Gasteiger partial charge on any atom is -0.410 e. The minimum absolute atomic E-state index is 0.0417. The highest BCUT2D eigenvalue weighted by atomic mass is 35.5. The van der Waals surface area contributed by atoms with Crippen LogP contribution in [0, 0.1) is 0 Å². The second-order valence-electron chi connectivity index (χ2n) is 1.33. The van der Waals surface area contributed by atoms with Gasteiger partial charge in [-0.3, -0.25) is 0 Å². The molecule has 5 heteroatoms. The smallest absolute Gasteiger partial charge is 0.210 e. The van der Waals surface area contributed by atoms with Crippen molar-refractivity contribution >= 4 is 16.8 Å². The molecule has 0 unspecified atom stereocenters. The van der Waals surface area contributed by atoms with Gasteiger partial charge in [-0.05, 0) is 0 Å². The highest BCUT2D eigenvalue weighted by molar-refractivity contribution is 6.68. The van der Waals surface area contributed by atoms with Crippen LogP contribution in [0.3, 0.4) is 0 Å². The standard InChI is InChI=1S/C4H4ClN3O/c5-3(8-9)4-6-1-2-7-4/h1-2,9H,(H,6,7)/b8-3+. The van der Waals surface area contributed by atoms with Gasteiger partial charge in [-0.15, -0.1) is 0 Å². The summed E-state index contributed by atoms with van der Waals surface area (Å²) in [6.07, 6.45) is 3.10. The van der Waals surface area contributed by atoms with Gasteiger partial charge in [0, 0.05) is 12.4 Å². The zero-order valence-corrected chi connectivity index (χ0v) is 5.13. The molecular formula is C4H4ClN3O. The quantitative estimate of drug-likeness (QED) is 0.349. The van der Waals surface area contributed by atoms with Crippen LogP contribution in [0.2, 0.25) is 0 Å². The van der Waals surface area contributed by atoms with Gasteiger partial charge in [0.15, 0.2) is 5.82 Å². The predicted molar refractivity (Wildman–Crippen MR) is 32.8 cm³/mol. The van der Waals surface area contributed by atoms with E-state index in [0.717, 1.165) is 0 Å². The molecule has 0 aliphatic heterocycles. The van der Waals surface area contributed by atoms with Crippen LogP contribution in [0.15, 0.2) is 17.5 Å². The molecule has 0 saturated carbocycles. The number of imidazole rings is 1. The van der Waals surface area contributed by atoms with Crippen molar-refractivity contribution in [2.45, 2.75) is 0 Å². The van der Waals surface area contributed by atoms with Gasteiger partial charge in [-0.2, -0.15) is 0 Å². The summed E-state index contributed by atoms with van der Waals surface area (Å²) in [7, 11) is 0. The second-order valence-corrected chi connectivity index (χ2v) is 1.69. The number of nitrogens with zero attached hydrogens (tertiary/aromatic N) is 2. The summed E-state index contributed by atoms with van der Waals surface area (Å²) in [4.78, 5) is 6.36. The molecule has 9 heavy (non-hydrogen) atoms. The molecule has 0 radical (unpaired) electrons. The second kappa shape index (κ2) is 2.50. The lowest BCUT2D eigenvalue weighted by Crippen LogP contribution is -1.92. The lowest BCUT2D eigenvalue weighted by atomic mass is 10.7. The maximum Gasteiger partial charge on any atom is 0.210 e. The molecule has 0 amide bonds. The number of oxime groups is 1. The monoisotopic (exact) mass is 145 g/mol. The van der Waals surface area contributed by atoms with Crippen molar-refractivity contribution in [2.24, 2.45) is 5.16 Å². The van der Waals surface area contributed by atoms with Crippen LogP contribution in [-0.4, -0.2) is 20.3 Å². The Labute approximate surface area is 56.2 Å². The summed E-state index contributed by atoms with van der Waals surface area (Å²) >= 11 is 5.34. The Balaban J connectivity index is 2.90. The first-order chi connectivity index (χ1) is 4.34. The van der Waals surface area contributed by atoms with E-state index in [2.05, 4.69) is 15.1 Å². The van der Waals surface area contributed by atoms with E-state index in [1.54, 1.807) is 6.20 Å². The predicted octanol–water partition coefficient (Wildman–Crippen LogP) is 0.784. The molecular weight excluding hydrogens is 142 g/mol. The van der Waals surface area contributed by atoms with Gasteiger partial charge < -0.3 is 10.2 Å². The average molecular weight is 146 g/mol. The molecule has 0 fully saturated rings. The average Bonchev–Trinajstić information content (AvgIpc) is 2.37. The fourth-order valence-electron chi connectivity index (χ4n) is 0.425. The van der Waals surface area contributed by atoms with Crippen molar-refractivity contribution in [1.82, 2.24) is 9.97 Å².